The summed E-state index contributed by atoms with van der Waals surface area (Å²) in [5, 5.41) is 5.82. The molecule has 110 valence electrons. The van der Waals surface area contributed by atoms with E-state index in [1.54, 1.807) is 0 Å². The Kier molecular flexibility index (Phi) is 3.38. The third-order valence-electron chi connectivity index (χ3n) is 3.53. The molecule has 2 aromatic rings. The van der Waals surface area contributed by atoms with Gasteiger partial charge in [0.05, 0.1) is 18.0 Å². The van der Waals surface area contributed by atoms with Crippen LogP contribution in [0.25, 0.3) is 11.2 Å². The standard InChI is InChI=1S/C13H17N7O/c1-7(2)9-8(3-4-14)13(21)20(19-9)12-10-11(16-5-15-10)17-6-18-12/h5-8H,3-4,14H2,1-2H3,(H,15,16,17,18). The number of rotatable bonds is 4. The second kappa shape index (κ2) is 5.21. The largest absolute Gasteiger partial charge is 0.340 e. The first kappa shape index (κ1) is 13.6. The Balaban J connectivity index is 2.06. The van der Waals surface area contributed by atoms with Gasteiger partial charge in [-0.2, -0.15) is 10.1 Å². The van der Waals surface area contributed by atoms with Crippen molar-refractivity contribution in [1.82, 2.24) is 19.9 Å². The average Bonchev–Trinajstić information content (AvgIpc) is 3.05. The molecule has 0 fully saturated rings. The van der Waals surface area contributed by atoms with Crippen LogP contribution in [-0.4, -0.2) is 38.1 Å². The molecule has 3 N–H and O–H groups in total. The fourth-order valence-corrected chi connectivity index (χ4v) is 2.53. The number of hydrogen-bond donors (Lipinski definition) is 2. The number of aromatic nitrogens is 4. The van der Waals surface area contributed by atoms with E-state index in [-0.39, 0.29) is 17.7 Å². The Morgan fingerprint density at radius 2 is 2.19 bits per heavy atom. The first-order valence-corrected chi connectivity index (χ1v) is 6.90. The maximum absolute atomic E-state index is 12.6. The number of nitrogens with zero attached hydrogens (tertiary/aromatic N) is 5. The van der Waals surface area contributed by atoms with Crippen LogP contribution in [0.15, 0.2) is 17.8 Å². The van der Waals surface area contributed by atoms with Crippen LogP contribution in [0.2, 0.25) is 0 Å². The van der Waals surface area contributed by atoms with Crippen LogP contribution < -0.4 is 10.7 Å². The lowest BCUT2D eigenvalue weighted by molar-refractivity contribution is -0.119. The number of nitrogens with two attached hydrogens (primary N) is 1. The molecule has 0 saturated heterocycles. The van der Waals surface area contributed by atoms with Crippen LogP contribution in [0.3, 0.4) is 0 Å². The van der Waals surface area contributed by atoms with E-state index in [0.29, 0.717) is 29.9 Å². The first-order chi connectivity index (χ1) is 10.1. The Bertz CT molecular complexity index is 705. The number of fused-ring (bicyclic) bond motifs is 1. The summed E-state index contributed by atoms with van der Waals surface area (Å²) in [7, 11) is 0. The minimum absolute atomic E-state index is 0.0984. The zero-order valence-electron chi connectivity index (χ0n) is 11.9. The molecule has 8 nitrogen and oxygen atoms in total. The lowest BCUT2D eigenvalue weighted by Crippen LogP contribution is -2.30. The van der Waals surface area contributed by atoms with E-state index in [4.69, 9.17) is 5.73 Å². The Labute approximate surface area is 121 Å². The lowest BCUT2D eigenvalue weighted by atomic mass is 9.92. The zero-order valence-corrected chi connectivity index (χ0v) is 11.9. The highest BCUT2D eigenvalue weighted by atomic mass is 16.2. The minimum atomic E-state index is -0.275. The molecule has 0 bridgehead atoms. The summed E-state index contributed by atoms with van der Waals surface area (Å²) >= 11 is 0. The SMILES string of the molecule is CC(C)C1=NN(c2ncnc3nc[nH]c23)C(=O)C1CCN. The number of H-pyrrole nitrogens is 1. The predicted molar refractivity (Wildman–Crippen MR) is 78.6 cm³/mol. The summed E-state index contributed by atoms with van der Waals surface area (Å²) in [4.78, 5) is 27.9. The Morgan fingerprint density at radius 1 is 1.38 bits per heavy atom. The summed E-state index contributed by atoms with van der Waals surface area (Å²) in [5.41, 5.74) is 7.58. The number of amides is 1. The van der Waals surface area contributed by atoms with Gasteiger partial charge in [-0.15, -0.1) is 0 Å². The quantitative estimate of drug-likeness (QED) is 0.858. The van der Waals surface area contributed by atoms with Crippen LogP contribution in [0.4, 0.5) is 5.82 Å². The number of nitrogens with one attached hydrogen (secondary N) is 1. The molecule has 1 unspecified atom stereocenters. The normalized spacial score (nSPS) is 18.9. The molecule has 21 heavy (non-hydrogen) atoms. The number of hydrogen-bond acceptors (Lipinski definition) is 6. The van der Waals surface area contributed by atoms with Crippen molar-refractivity contribution in [3.8, 4) is 0 Å². The van der Waals surface area contributed by atoms with Crippen LogP contribution >= 0.6 is 0 Å². The molecule has 2 aromatic heterocycles. The van der Waals surface area contributed by atoms with Gasteiger partial charge in [-0.05, 0) is 18.9 Å². The third kappa shape index (κ3) is 2.17. The number of imidazole rings is 1. The van der Waals surface area contributed by atoms with Crippen molar-refractivity contribution < 1.29 is 4.79 Å². The van der Waals surface area contributed by atoms with E-state index in [2.05, 4.69) is 25.0 Å². The first-order valence-electron chi connectivity index (χ1n) is 6.90. The number of carbonyl (C=O) groups excluding carboxylic acids is 1. The average molecular weight is 287 g/mol. The predicted octanol–water partition coefficient (Wildman–Crippen LogP) is 0.677. The van der Waals surface area contributed by atoms with E-state index in [9.17, 15) is 4.79 Å². The van der Waals surface area contributed by atoms with Crippen molar-refractivity contribution in [1.29, 1.82) is 0 Å². The molecule has 3 rings (SSSR count). The molecule has 1 aliphatic heterocycles. The molecule has 0 saturated carbocycles. The zero-order chi connectivity index (χ0) is 15.0. The third-order valence-corrected chi connectivity index (χ3v) is 3.53. The van der Waals surface area contributed by atoms with Crippen molar-refractivity contribution in [2.24, 2.45) is 22.7 Å². The van der Waals surface area contributed by atoms with E-state index in [1.807, 2.05) is 13.8 Å². The maximum Gasteiger partial charge on any atom is 0.257 e. The van der Waals surface area contributed by atoms with E-state index >= 15 is 0 Å². The van der Waals surface area contributed by atoms with E-state index < -0.39 is 0 Å². The van der Waals surface area contributed by atoms with E-state index in [1.165, 1.54) is 17.7 Å². The van der Waals surface area contributed by atoms with Gasteiger partial charge in [-0.1, -0.05) is 13.8 Å². The molecule has 3 heterocycles. The van der Waals surface area contributed by atoms with Gasteiger partial charge in [0, 0.05) is 0 Å². The number of hydrazone groups is 1. The molecule has 0 spiro atoms. The summed E-state index contributed by atoms with van der Waals surface area (Å²) < 4.78 is 0. The highest BCUT2D eigenvalue weighted by Gasteiger charge is 2.38. The van der Waals surface area contributed by atoms with Crippen LogP contribution in [0.5, 0.6) is 0 Å². The summed E-state index contributed by atoms with van der Waals surface area (Å²) in [6.45, 7) is 4.48. The highest BCUT2D eigenvalue weighted by molar-refractivity contribution is 6.17. The van der Waals surface area contributed by atoms with Crippen molar-refractivity contribution in [3.05, 3.63) is 12.7 Å². The molecular formula is C13H17N7O. The van der Waals surface area contributed by atoms with Gasteiger partial charge >= 0.3 is 0 Å². The Morgan fingerprint density at radius 3 is 2.90 bits per heavy atom. The van der Waals surface area contributed by atoms with Crippen molar-refractivity contribution >= 4 is 28.6 Å². The highest BCUT2D eigenvalue weighted by Crippen LogP contribution is 2.29. The second-order valence-corrected chi connectivity index (χ2v) is 5.26. The van der Waals surface area contributed by atoms with Gasteiger partial charge in [0.2, 0.25) is 0 Å². The van der Waals surface area contributed by atoms with Gasteiger partial charge < -0.3 is 10.7 Å². The second-order valence-electron chi connectivity index (χ2n) is 5.26. The van der Waals surface area contributed by atoms with Gasteiger partial charge in [0.15, 0.2) is 11.5 Å². The molecule has 0 aromatic carbocycles. The Hall–Kier alpha value is -2.35. The number of carbonyl (C=O) groups is 1. The molecular weight excluding hydrogens is 270 g/mol. The lowest BCUT2D eigenvalue weighted by Gasteiger charge is -2.13. The van der Waals surface area contributed by atoms with Gasteiger partial charge in [-0.3, -0.25) is 4.79 Å². The van der Waals surface area contributed by atoms with Gasteiger partial charge in [-0.25, -0.2) is 15.0 Å². The van der Waals surface area contributed by atoms with Crippen molar-refractivity contribution in [2.75, 3.05) is 11.6 Å². The van der Waals surface area contributed by atoms with Crippen LogP contribution in [0.1, 0.15) is 20.3 Å². The summed E-state index contributed by atoms with van der Waals surface area (Å²) in [6, 6.07) is 0. The van der Waals surface area contributed by atoms with Crippen LogP contribution in [0, 0.1) is 11.8 Å². The van der Waals surface area contributed by atoms with Crippen molar-refractivity contribution in [2.45, 2.75) is 20.3 Å². The molecule has 0 radical (unpaired) electrons. The fourth-order valence-electron chi connectivity index (χ4n) is 2.53. The summed E-state index contributed by atoms with van der Waals surface area (Å²) in [5.74, 6) is 0.233. The fraction of sp³-hybridized carbons (Fsp3) is 0.462. The maximum atomic E-state index is 12.6. The molecule has 0 aliphatic carbocycles. The molecule has 1 atom stereocenters. The van der Waals surface area contributed by atoms with Crippen molar-refractivity contribution in [3.63, 3.8) is 0 Å². The van der Waals surface area contributed by atoms with Crippen LogP contribution in [-0.2, 0) is 4.79 Å². The van der Waals surface area contributed by atoms with E-state index in [0.717, 1.165) is 5.71 Å². The smallest absolute Gasteiger partial charge is 0.257 e. The monoisotopic (exact) mass is 287 g/mol. The topological polar surface area (TPSA) is 113 Å². The van der Waals surface area contributed by atoms with Gasteiger partial charge in [0.25, 0.3) is 5.91 Å². The molecule has 1 amide bonds. The number of aromatic amines is 1. The summed E-state index contributed by atoms with van der Waals surface area (Å²) in [6.07, 6.45) is 3.49. The minimum Gasteiger partial charge on any atom is -0.340 e. The molecule has 1 aliphatic rings. The van der Waals surface area contributed by atoms with Gasteiger partial charge in [0.1, 0.15) is 11.8 Å². The number of anilines is 1. The molecule has 8 heteroatoms.